The van der Waals surface area contributed by atoms with E-state index in [0.717, 1.165) is 55.4 Å². The third kappa shape index (κ3) is 3.23. The molecule has 156 valence electrons. The number of carbonyl (C=O) groups excluding carboxylic acids is 2. The van der Waals surface area contributed by atoms with Crippen LogP contribution in [0.4, 0.5) is 5.69 Å². The lowest BCUT2D eigenvalue weighted by Gasteiger charge is -2.56. The Bertz CT molecular complexity index is 798. The number of benzene rings is 1. The fourth-order valence-corrected chi connectivity index (χ4v) is 7.10. The first-order valence-corrected chi connectivity index (χ1v) is 11.2. The topological polar surface area (TPSA) is 58.6 Å². The van der Waals surface area contributed by atoms with Crippen molar-refractivity contribution in [1.82, 2.24) is 4.90 Å². The minimum atomic E-state index is -0.360. The minimum Gasteiger partial charge on any atom is -0.495 e. The number of amides is 2. The van der Waals surface area contributed by atoms with Crippen molar-refractivity contribution >= 4 is 17.5 Å². The largest absolute Gasteiger partial charge is 0.495 e. The third-order valence-corrected chi connectivity index (χ3v) is 7.92. The number of hydrogen-bond acceptors (Lipinski definition) is 3. The average molecular weight is 397 g/mol. The lowest BCUT2D eigenvalue weighted by atomic mass is 9.49. The summed E-state index contributed by atoms with van der Waals surface area (Å²) < 4.78 is 5.41. The van der Waals surface area contributed by atoms with Crippen LogP contribution in [0.2, 0.25) is 0 Å². The molecule has 0 aromatic heterocycles. The molecule has 1 saturated heterocycles. The standard InChI is InChI=1S/C24H32N2O3/c1-15-5-6-21(29-2)19(8-15)25-22(27)20-4-3-7-26(20)23(28)24-12-16-9-17(13-24)11-18(10-16)14-24/h5-6,8,16-18,20H,3-4,7,9-14H2,1-2H3,(H,25,27). The van der Waals surface area contributed by atoms with Crippen molar-refractivity contribution in [2.24, 2.45) is 23.2 Å². The van der Waals surface area contributed by atoms with Crippen LogP contribution in [0.1, 0.15) is 56.9 Å². The van der Waals surface area contributed by atoms with E-state index in [4.69, 9.17) is 4.74 Å². The Morgan fingerprint density at radius 3 is 2.38 bits per heavy atom. The molecule has 6 rings (SSSR count). The molecule has 1 aromatic rings. The number of rotatable bonds is 4. The molecule has 5 heteroatoms. The summed E-state index contributed by atoms with van der Waals surface area (Å²) in [5.74, 6) is 3.04. The van der Waals surface area contributed by atoms with Crippen molar-refractivity contribution < 1.29 is 14.3 Å². The van der Waals surface area contributed by atoms with Crippen LogP contribution in [0.5, 0.6) is 5.75 Å². The summed E-state index contributed by atoms with van der Waals surface area (Å²) in [6.45, 7) is 2.71. The van der Waals surface area contributed by atoms with E-state index in [1.54, 1.807) is 7.11 Å². The number of nitrogens with zero attached hydrogens (tertiary/aromatic N) is 1. The van der Waals surface area contributed by atoms with Gasteiger partial charge in [-0.3, -0.25) is 9.59 Å². The number of anilines is 1. The molecule has 1 aromatic carbocycles. The molecule has 1 heterocycles. The molecule has 0 spiro atoms. The molecular formula is C24H32N2O3. The van der Waals surface area contributed by atoms with Gasteiger partial charge >= 0.3 is 0 Å². The molecule has 4 aliphatic carbocycles. The zero-order chi connectivity index (χ0) is 20.2. The maximum absolute atomic E-state index is 13.8. The first-order valence-electron chi connectivity index (χ1n) is 11.2. The van der Waals surface area contributed by atoms with Gasteiger partial charge in [0.15, 0.2) is 0 Å². The van der Waals surface area contributed by atoms with E-state index in [9.17, 15) is 9.59 Å². The van der Waals surface area contributed by atoms with Gasteiger partial charge in [-0.25, -0.2) is 0 Å². The maximum atomic E-state index is 13.8. The number of ether oxygens (including phenoxy) is 1. The molecule has 1 aliphatic heterocycles. The summed E-state index contributed by atoms with van der Waals surface area (Å²) in [6, 6.07) is 5.41. The molecule has 4 saturated carbocycles. The predicted molar refractivity (Wildman–Crippen MR) is 112 cm³/mol. The SMILES string of the molecule is COc1ccc(C)cc1NC(=O)C1CCCN1C(=O)C12CC3CC(CC(C3)C1)C2. The Labute approximate surface area is 173 Å². The second kappa shape index (κ2) is 7.03. The van der Waals surface area contributed by atoms with Gasteiger partial charge < -0.3 is 15.0 Å². The lowest BCUT2D eigenvalue weighted by molar-refractivity contribution is -0.160. The number of methoxy groups -OCH3 is 1. The average Bonchev–Trinajstić information content (AvgIpc) is 3.16. The molecule has 2 amide bonds. The van der Waals surface area contributed by atoms with E-state index in [0.29, 0.717) is 18.0 Å². The molecule has 5 aliphatic rings. The summed E-state index contributed by atoms with van der Waals surface area (Å²) in [6.07, 6.45) is 8.77. The molecule has 1 atom stereocenters. The highest BCUT2D eigenvalue weighted by Gasteiger charge is 2.56. The van der Waals surface area contributed by atoms with Crippen LogP contribution >= 0.6 is 0 Å². The van der Waals surface area contributed by atoms with Crippen LogP contribution < -0.4 is 10.1 Å². The summed E-state index contributed by atoms with van der Waals surface area (Å²) in [5, 5.41) is 3.05. The van der Waals surface area contributed by atoms with E-state index in [2.05, 4.69) is 5.32 Å². The smallest absolute Gasteiger partial charge is 0.247 e. The van der Waals surface area contributed by atoms with Gasteiger partial charge in [0.05, 0.1) is 18.2 Å². The van der Waals surface area contributed by atoms with Crippen LogP contribution in [0.3, 0.4) is 0 Å². The van der Waals surface area contributed by atoms with Crippen LogP contribution in [-0.2, 0) is 9.59 Å². The van der Waals surface area contributed by atoms with Gasteiger partial charge in [-0.2, -0.15) is 0 Å². The molecular weight excluding hydrogens is 364 g/mol. The normalized spacial score (nSPS) is 35.0. The highest BCUT2D eigenvalue weighted by atomic mass is 16.5. The number of hydrogen-bond donors (Lipinski definition) is 1. The Morgan fingerprint density at radius 2 is 1.76 bits per heavy atom. The Balaban J connectivity index is 1.34. The van der Waals surface area contributed by atoms with Crippen LogP contribution in [0, 0.1) is 30.1 Å². The predicted octanol–water partition coefficient (Wildman–Crippen LogP) is 4.15. The van der Waals surface area contributed by atoms with E-state index in [1.807, 2.05) is 30.0 Å². The van der Waals surface area contributed by atoms with Crippen molar-refractivity contribution in [3.63, 3.8) is 0 Å². The maximum Gasteiger partial charge on any atom is 0.247 e. The Morgan fingerprint density at radius 1 is 1.10 bits per heavy atom. The third-order valence-electron chi connectivity index (χ3n) is 7.92. The molecule has 0 radical (unpaired) electrons. The van der Waals surface area contributed by atoms with E-state index >= 15 is 0 Å². The molecule has 5 fully saturated rings. The van der Waals surface area contributed by atoms with Gasteiger partial charge in [0.25, 0.3) is 0 Å². The van der Waals surface area contributed by atoms with Crippen molar-refractivity contribution in [2.75, 3.05) is 19.0 Å². The van der Waals surface area contributed by atoms with E-state index in [-0.39, 0.29) is 23.3 Å². The highest BCUT2D eigenvalue weighted by Crippen LogP contribution is 2.60. The number of likely N-dealkylation sites (tertiary alicyclic amines) is 1. The van der Waals surface area contributed by atoms with Crippen molar-refractivity contribution in [1.29, 1.82) is 0 Å². The molecule has 1 N–H and O–H groups in total. The Kier molecular flexibility index (Phi) is 4.60. The van der Waals surface area contributed by atoms with Crippen molar-refractivity contribution in [3.8, 4) is 5.75 Å². The summed E-state index contributed by atoms with van der Waals surface area (Å²) in [4.78, 5) is 28.9. The number of carbonyl (C=O) groups is 2. The fraction of sp³-hybridized carbons (Fsp3) is 0.667. The monoisotopic (exact) mass is 396 g/mol. The zero-order valence-corrected chi connectivity index (χ0v) is 17.6. The first-order chi connectivity index (χ1) is 14.0. The molecule has 1 unspecified atom stereocenters. The molecule has 4 bridgehead atoms. The van der Waals surface area contributed by atoms with Gasteiger partial charge in [0.2, 0.25) is 11.8 Å². The number of aryl methyl sites for hydroxylation is 1. The highest BCUT2D eigenvalue weighted by molar-refractivity contribution is 5.99. The summed E-state index contributed by atoms with van der Waals surface area (Å²) in [7, 11) is 1.61. The molecule has 29 heavy (non-hydrogen) atoms. The summed E-state index contributed by atoms with van der Waals surface area (Å²) in [5.41, 5.74) is 1.57. The van der Waals surface area contributed by atoms with Crippen LogP contribution in [0.15, 0.2) is 18.2 Å². The second-order valence-electron chi connectivity index (χ2n) is 10.0. The van der Waals surface area contributed by atoms with E-state index < -0.39 is 0 Å². The minimum absolute atomic E-state index is 0.0792. The van der Waals surface area contributed by atoms with Crippen LogP contribution in [0.25, 0.3) is 0 Å². The van der Waals surface area contributed by atoms with Gasteiger partial charge in [-0.1, -0.05) is 6.07 Å². The zero-order valence-electron chi connectivity index (χ0n) is 17.6. The van der Waals surface area contributed by atoms with Gasteiger partial charge in [0.1, 0.15) is 11.8 Å². The fourth-order valence-electron chi connectivity index (χ4n) is 7.10. The Hall–Kier alpha value is -2.04. The first kappa shape index (κ1) is 19.0. The van der Waals surface area contributed by atoms with Crippen LogP contribution in [-0.4, -0.2) is 36.4 Å². The van der Waals surface area contributed by atoms with Gasteiger partial charge in [-0.15, -0.1) is 0 Å². The van der Waals surface area contributed by atoms with Gasteiger partial charge in [0, 0.05) is 6.54 Å². The second-order valence-corrected chi connectivity index (χ2v) is 10.0. The molecule has 5 nitrogen and oxygen atoms in total. The quantitative estimate of drug-likeness (QED) is 0.832. The summed E-state index contributed by atoms with van der Waals surface area (Å²) >= 11 is 0. The lowest BCUT2D eigenvalue weighted by Crippen LogP contribution is -2.56. The van der Waals surface area contributed by atoms with E-state index in [1.165, 1.54) is 19.3 Å². The van der Waals surface area contributed by atoms with Gasteiger partial charge in [-0.05, 0) is 93.7 Å². The van der Waals surface area contributed by atoms with Crippen molar-refractivity contribution in [2.45, 2.75) is 64.3 Å². The van der Waals surface area contributed by atoms with Crippen molar-refractivity contribution in [3.05, 3.63) is 23.8 Å². The number of nitrogens with one attached hydrogen (secondary N) is 1.